The lowest BCUT2D eigenvalue weighted by molar-refractivity contribution is 0.194. The molecule has 2 aliphatic rings. The summed E-state index contributed by atoms with van der Waals surface area (Å²) in [4.78, 5) is 9.30. The fourth-order valence-electron chi connectivity index (χ4n) is 5.06. The molecule has 1 aromatic carbocycles. The van der Waals surface area contributed by atoms with Gasteiger partial charge in [0.05, 0.1) is 17.6 Å². The van der Waals surface area contributed by atoms with Crippen molar-refractivity contribution in [2.24, 2.45) is 11.8 Å². The van der Waals surface area contributed by atoms with Gasteiger partial charge in [-0.2, -0.15) is 10.1 Å². The number of ether oxygens (including phenoxy) is 1. The maximum Gasteiger partial charge on any atom is 0.229 e. The largest absolute Gasteiger partial charge is 0.385 e. The summed E-state index contributed by atoms with van der Waals surface area (Å²) < 4.78 is 7.23. The summed E-state index contributed by atoms with van der Waals surface area (Å²) in [6.45, 7) is 2.61. The number of rotatable bonds is 9. The summed E-state index contributed by atoms with van der Waals surface area (Å²) in [5.74, 6) is 2.27. The number of hydrogen-bond donors (Lipinski definition) is 2. The highest BCUT2D eigenvalue weighted by Gasteiger charge is 2.41. The van der Waals surface area contributed by atoms with E-state index < -0.39 is 0 Å². The molecule has 0 amide bonds. The smallest absolute Gasteiger partial charge is 0.229 e. The molecule has 2 aliphatic carbocycles. The van der Waals surface area contributed by atoms with Gasteiger partial charge in [0.1, 0.15) is 0 Å². The van der Waals surface area contributed by atoms with E-state index in [0.717, 1.165) is 54.7 Å². The van der Waals surface area contributed by atoms with Crippen molar-refractivity contribution in [1.82, 2.24) is 25.1 Å². The van der Waals surface area contributed by atoms with Crippen molar-refractivity contribution in [3.05, 3.63) is 42.2 Å². The molecular weight excluding hydrogens is 376 g/mol. The predicted molar refractivity (Wildman–Crippen MR) is 118 cm³/mol. The Bertz CT molecular complexity index is 985. The first kappa shape index (κ1) is 19.5. The lowest BCUT2D eigenvalue weighted by atomic mass is 9.95. The number of fused-ring (bicyclic) bond motifs is 3. The SMILES string of the molecule is COCCCNCc1ccc(Nc2ncc3cnn([C@H]4C[C@H]5CC[C@@H]4C5)c3n2)cc1. The first-order valence-corrected chi connectivity index (χ1v) is 11.1. The quantitative estimate of drug-likeness (QED) is 0.522. The summed E-state index contributed by atoms with van der Waals surface area (Å²) in [5.41, 5.74) is 3.19. The summed E-state index contributed by atoms with van der Waals surface area (Å²) in [6.07, 6.45) is 10.1. The number of nitrogens with zero attached hydrogens (tertiary/aromatic N) is 4. The van der Waals surface area contributed by atoms with Gasteiger partial charge in [0.25, 0.3) is 0 Å². The Labute approximate surface area is 177 Å². The van der Waals surface area contributed by atoms with Crippen molar-refractivity contribution in [3.63, 3.8) is 0 Å². The molecule has 0 spiro atoms. The van der Waals surface area contributed by atoms with E-state index in [2.05, 4.69) is 49.7 Å². The average molecular weight is 407 g/mol. The molecule has 3 atom stereocenters. The minimum Gasteiger partial charge on any atom is -0.385 e. The number of nitrogens with one attached hydrogen (secondary N) is 2. The van der Waals surface area contributed by atoms with Crippen molar-refractivity contribution in [2.75, 3.05) is 25.6 Å². The molecule has 7 heteroatoms. The molecule has 158 valence electrons. The molecule has 2 heterocycles. The van der Waals surface area contributed by atoms with Crippen molar-refractivity contribution in [2.45, 2.75) is 44.7 Å². The van der Waals surface area contributed by atoms with E-state index in [9.17, 15) is 0 Å². The Kier molecular flexibility index (Phi) is 5.64. The highest BCUT2D eigenvalue weighted by Crippen LogP contribution is 2.50. The van der Waals surface area contributed by atoms with E-state index in [-0.39, 0.29) is 0 Å². The van der Waals surface area contributed by atoms with Gasteiger partial charge in [-0.25, -0.2) is 9.67 Å². The van der Waals surface area contributed by atoms with Gasteiger partial charge in [-0.1, -0.05) is 18.6 Å². The first-order valence-electron chi connectivity index (χ1n) is 11.1. The maximum atomic E-state index is 5.07. The Morgan fingerprint density at radius 2 is 2.03 bits per heavy atom. The van der Waals surface area contributed by atoms with Crippen LogP contribution >= 0.6 is 0 Å². The molecule has 0 radical (unpaired) electrons. The van der Waals surface area contributed by atoms with E-state index in [1.165, 1.54) is 31.2 Å². The number of benzene rings is 1. The number of anilines is 2. The molecule has 2 saturated carbocycles. The minimum absolute atomic E-state index is 0.500. The Hall–Kier alpha value is -2.51. The van der Waals surface area contributed by atoms with Crippen molar-refractivity contribution < 1.29 is 4.74 Å². The predicted octanol–water partition coefficient (Wildman–Crippen LogP) is 4.06. The van der Waals surface area contributed by atoms with Crippen LogP contribution in [0.3, 0.4) is 0 Å². The maximum absolute atomic E-state index is 5.07. The van der Waals surface area contributed by atoms with E-state index in [0.29, 0.717) is 12.0 Å². The van der Waals surface area contributed by atoms with Gasteiger partial charge in [0.2, 0.25) is 5.95 Å². The van der Waals surface area contributed by atoms with E-state index >= 15 is 0 Å². The van der Waals surface area contributed by atoms with Crippen LogP contribution in [0.4, 0.5) is 11.6 Å². The molecule has 0 saturated heterocycles. The monoisotopic (exact) mass is 406 g/mol. The van der Waals surface area contributed by atoms with Crippen LogP contribution in [0.25, 0.3) is 11.0 Å². The second-order valence-electron chi connectivity index (χ2n) is 8.65. The number of methoxy groups -OCH3 is 1. The highest BCUT2D eigenvalue weighted by atomic mass is 16.5. The Morgan fingerprint density at radius 1 is 1.13 bits per heavy atom. The number of aromatic nitrogens is 4. The second-order valence-corrected chi connectivity index (χ2v) is 8.65. The molecule has 30 heavy (non-hydrogen) atoms. The van der Waals surface area contributed by atoms with Crippen LogP contribution in [0.15, 0.2) is 36.7 Å². The molecule has 7 nitrogen and oxygen atoms in total. The third-order valence-corrected chi connectivity index (χ3v) is 6.59. The topological polar surface area (TPSA) is 76.9 Å². The van der Waals surface area contributed by atoms with Gasteiger partial charge in [0, 0.05) is 32.1 Å². The molecule has 2 aromatic heterocycles. The summed E-state index contributed by atoms with van der Waals surface area (Å²) in [7, 11) is 1.74. The number of hydrogen-bond acceptors (Lipinski definition) is 6. The van der Waals surface area contributed by atoms with Crippen molar-refractivity contribution in [1.29, 1.82) is 0 Å². The molecule has 2 fully saturated rings. The minimum atomic E-state index is 0.500. The van der Waals surface area contributed by atoms with Gasteiger partial charge in [-0.3, -0.25) is 0 Å². The van der Waals surface area contributed by atoms with Gasteiger partial charge < -0.3 is 15.4 Å². The third kappa shape index (κ3) is 4.04. The van der Waals surface area contributed by atoms with E-state index in [1.54, 1.807) is 7.11 Å². The zero-order chi connectivity index (χ0) is 20.3. The van der Waals surface area contributed by atoms with Crippen LogP contribution in [-0.4, -0.2) is 40.0 Å². The molecule has 3 aromatic rings. The van der Waals surface area contributed by atoms with Gasteiger partial charge in [0.15, 0.2) is 5.65 Å². The standard InChI is InChI=1S/C23H30N6O/c1-30-10-2-9-24-13-16-4-7-20(8-5-16)27-23-25-14-19-15-26-29(22(19)28-23)21-12-17-3-6-18(21)11-17/h4-5,7-8,14-15,17-18,21,24H,2-3,6,9-13H2,1H3,(H,25,27,28)/t17-,18+,21-/m0/s1. The normalized spacial score (nSPS) is 22.8. The Balaban J connectivity index is 1.25. The summed E-state index contributed by atoms with van der Waals surface area (Å²) in [5, 5.41) is 12.5. The van der Waals surface area contributed by atoms with Crippen molar-refractivity contribution in [3.8, 4) is 0 Å². The van der Waals surface area contributed by atoms with Gasteiger partial charge in [-0.05, 0) is 61.8 Å². The van der Waals surface area contributed by atoms with Gasteiger partial charge in [-0.15, -0.1) is 0 Å². The van der Waals surface area contributed by atoms with Crippen LogP contribution in [0.2, 0.25) is 0 Å². The molecule has 2 N–H and O–H groups in total. The van der Waals surface area contributed by atoms with Crippen molar-refractivity contribution >= 4 is 22.7 Å². The van der Waals surface area contributed by atoms with Crippen LogP contribution in [0.1, 0.15) is 43.7 Å². The summed E-state index contributed by atoms with van der Waals surface area (Å²) >= 11 is 0. The molecule has 5 rings (SSSR count). The van der Waals surface area contributed by atoms with Crippen LogP contribution < -0.4 is 10.6 Å². The third-order valence-electron chi connectivity index (χ3n) is 6.59. The average Bonchev–Trinajstić information content (AvgIpc) is 3.50. The zero-order valence-electron chi connectivity index (χ0n) is 17.6. The highest BCUT2D eigenvalue weighted by molar-refractivity contribution is 5.75. The lowest BCUT2D eigenvalue weighted by Crippen LogP contribution is -2.17. The van der Waals surface area contributed by atoms with Crippen LogP contribution in [0, 0.1) is 11.8 Å². The van der Waals surface area contributed by atoms with Gasteiger partial charge >= 0.3 is 0 Å². The fourth-order valence-corrected chi connectivity index (χ4v) is 5.06. The van der Waals surface area contributed by atoms with E-state index in [4.69, 9.17) is 9.72 Å². The fraction of sp³-hybridized carbons (Fsp3) is 0.522. The zero-order valence-corrected chi connectivity index (χ0v) is 17.6. The lowest BCUT2D eigenvalue weighted by Gasteiger charge is -2.22. The molecule has 0 aliphatic heterocycles. The second kappa shape index (κ2) is 8.70. The first-order chi connectivity index (χ1) is 14.8. The molecule has 2 bridgehead atoms. The summed E-state index contributed by atoms with van der Waals surface area (Å²) in [6, 6.07) is 8.91. The van der Waals surface area contributed by atoms with Crippen LogP contribution in [0.5, 0.6) is 0 Å². The molecular formula is C23H30N6O. The van der Waals surface area contributed by atoms with Crippen LogP contribution in [-0.2, 0) is 11.3 Å². The van der Waals surface area contributed by atoms with E-state index in [1.807, 2.05) is 12.4 Å². The Morgan fingerprint density at radius 3 is 2.80 bits per heavy atom. The molecule has 0 unspecified atom stereocenters.